The lowest BCUT2D eigenvalue weighted by Crippen LogP contribution is -2.29. The molecule has 9 heteroatoms. The molecule has 3 aromatic carbocycles. The summed E-state index contributed by atoms with van der Waals surface area (Å²) in [7, 11) is 0. The van der Waals surface area contributed by atoms with E-state index in [2.05, 4.69) is 37.2 Å². The van der Waals surface area contributed by atoms with Crippen LogP contribution in [0.25, 0.3) is 5.70 Å². The molecule has 1 heterocycles. The minimum atomic E-state index is -0.637. The summed E-state index contributed by atoms with van der Waals surface area (Å²) < 4.78 is 12.8. The Morgan fingerprint density at radius 1 is 1.00 bits per heavy atom. The predicted molar refractivity (Wildman–Crippen MR) is 156 cm³/mol. The number of Topliss-reactive ketones (excluding diaryl/α,β-unsaturated/α-hetero) is 1. The lowest BCUT2D eigenvalue weighted by Gasteiger charge is -2.29. The predicted octanol–water partition coefficient (Wildman–Crippen LogP) is 8.23. The van der Waals surface area contributed by atoms with Gasteiger partial charge in [0.1, 0.15) is 12.4 Å². The first-order valence-electron chi connectivity index (χ1n) is 11.8. The van der Waals surface area contributed by atoms with Crippen molar-refractivity contribution in [1.82, 2.24) is 5.32 Å². The molecule has 5 rings (SSSR count). The summed E-state index contributed by atoms with van der Waals surface area (Å²) in [6, 6.07) is 16.5. The molecule has 1 aliphatic carbocycles. The fourth-order valence-electron chi connectivity index (χ4n) is 4.81. The van der Waals surface area contributed by atoms with E-state index >= 15 is 0 Å². The van der Waals surface area contributed by atoms with Gasteiger partial charge in [-0.3, -0.25) is 4.79 Å². The fourth-order valence-corrected chi connectivity index (χ4v) is 6.58. The third kappa shape index (κ3) is 4.81. The van der Waals surface area contributed by atoms with Crippen LogP contribution >= 0.6 is 55.1 Å². The number of carbonyl (C=O) groups is 2. The number of halogens is 4. The molecule has 0 bridgehead atoms. The number of hydrogen-bond donors (Lipinski definition) is 1. The van der Waals surface area contributed by atoms with Gasteiger partial charge in [0.15, 0.2) is 5.78 Å². The number of benzene rings is 3. The smallest absolute Gasteiger partial charge is 0.336 e. The van der Waals surface area contributed by atoms with Gasteiger partial charge in [0, 0.05) is 28.3 Å². The highest BCUT2D eigenvalue weighted by Crippen LogP contribution is 2.49. The Kier molecular flexibility index (Phi) is 7.74. The molecule has 0 radical (unpaired) electrons. The van der Waals surface area contributed by atoms with Gasteiger partial charge in [-0.1, -0.05) is 53.5 Å². The zero-order chi connectivity index (χ0) is 27.1. The maximum Gasteiger partial charge on any atom is 0.336 e. The molecule has 0 spiro atoms. The van der Waals surface area contributed by atoms with Gasteiger partial charge in [-0.15, -0.1) is 0 Å². The van der Waals surface area contributed by atoms with Gasteiger partial charge >= 0.3 is 5.97 Å². The monoisotopic (exact) mass is 675 g/mol. The van der Waals surface area contributed by atoms with Crippen molar-refractivity contribution in [1.29, 1.82) is 0 Å². The molecule has 1 N–H and O–H groups in total. The summed E-state index contributed by atoms with van der Waals surface area (Å²) in [5.41, 5.74) is 5.29. The Hall–Kier alpha value is -2.58. The van der Waals surface area contributed by atoms with E-state index in [1.807, 2.05) is 43.3 Å². The Balaban J connectivity index is 1.56. The van der Waals surface area contributed by atoms with Crippen LogP contribution in [-0.4, -0.2) is 18.4 Å². The third-order valence-electron chi connectivity index (χ3n) is 6.47. The van der Waals surface area contributed by atoms with E-state index in [1.165, 1.54) is 0 Å². The van der Waals surface area contributed by atoms with Crippen molar-refractivity contribution in [3.8, 4) is 5.75 Å². The van der Waals surface area contributed by atoms with E-state index in [0.717, 1.165) is 16.7 Å². The van der Waals surface area contributed by atoms with E-state index in [-0.39, 0.29) is 19.0 Å². The number of ketones is 1. The molecule has 38 heavy (non-hydrogen) atoms. The average molecular weight is 678 g/mol. The number of fused-ring (bicyclic) bond motifs is 2. The topological polar surface area (TPSA) is 64.6 Å². The lowest BCUT2D eigenvalue weighted by molar-refractivity contribution is -0.138. The Morgan fingerprint density at radius 2 is 1.68 bits per heavy atom. The van der Waals surface area contributed by atoms with Gasteiger partial charge in [-0.05, 0) is 81.1 Å². The van der Waals surface area contributed by atoms with Gasteiger partial charge in [0.2, 0.25) is 0 Å². The fraction of sp³-hybridized carbons (Fsp3) is 0.172. The van der Waals surface area contributed by atoms with Gasteiger partial charge in [-0.2, -0.15) is 0 Å². The number of allylic oxidation sites excluding steroid dienone is 2. The Morgan fingerprint density at radius 3 is 2.34 bits per heavy atom. The molecule has 0 aromatic heterocycles. The van der Waals surface area contributed by atoms with E-state index in [0.29, 0.717) is 52.8 Å². The summed E-state index contributed by atoms with van der Waals surface area (Å²) in [5.74, 6) is -0.649. The van der Waals surface area contributed by atoms with Crippen molar-refractivity contribution in [3.05, 3.63) is 113 Å². The normalized spacial score (nSPS) is 16.3. The van der Waals surface area contributed by atoms with Crippen LogP contribution in [0, 0.1) is 0 Å². The van der Waals surface area contributed by atoms with Crippen LogP contribution in [0.5, 0.6) is 5.75 Å². The van der Waals surface area contributed by atoms with Gasteiger partial charge in [0.25, 0.3) is 0 Å². The van der Waals surface area contributed by atoms with Crippen LogP contribution < -0.4 is 10.1 Å². The van der Waals surface area contributed by atoms with Crippen LogP contribution in [0.15, 0.2) is 80.4 Å². The zero-order valence-corrected chi connectivity index (χ0v) is 25.0. The number of carbonyl (C=O) groups excluding carboxylic acids is 2. The first kappa shape index (κ1) is 27.0. The summed E-state index contributed by atoms with van der Waals surface area (Å²) in [4.78, 5) is 26.8. The van der Waals surface area contributed by atoms with E-state index in [4.69, 9.17) is 32.7 Å². The summed E-state index contributed by atoms with van der Waals surface area (Å²) in [6.07, 6.45) is 0. The van der Waals surface area contributed by atoms with Crippen molar-refractivity contribution in [2.45, 2.75) is 26.4 Å². The first-order chi connectivity index (χ1) is 18.2. The highest BCUT2D eigenvalue weighted by atomic mass is 79.9. The zero-order valence-electron chi connectivity index (χ0n) is 20.3. The molecule has 0 saturated heterocycles. The maximum absolute atomic E-state index is 13.7. The second-order valence-electron chi connectivity index (χ2n) is 8.83. The summed E-state index contributed by atoms with van der Waals surface area (Å²) in [6.45, 7) is 4.06. The molecule has 2 aliphatic rings. The third-order valence-corrected chi connectivity index (χ3v) is 8.38. The van der Waals surface area contributed by atoms with Crippen LogP contribution in [0.1, 0.15) is 46.8 Å². The van der Waals surface area contributed by atoms with Crippen molar-refractivity contribution in [2.24, 2.45) is 0 Å². The van der Waals surface area contributed by atoms with Gasteiger partial charge < -0.3 is 14.8 Å². The minimum Gasteiger partial charge on any atom is -0.487 e. The quantitative estimate of drug-likeness (QED) is 0.267. The molecule has 1 aliphatic heterocycles. The van der Waals surface area contributed by atoms with E-state index in [9.17, 15) is 9.59 Å². The number of hydrogen-bond acceptors (Lipinski definition) is 5. The van der Waals surface area contributed by atoms with E-state index < -0.39 is 11.9 Å². The van der Waals surface area contributed by atoms with Crippen LogP contribution in [0.4, 0.5) is 0 Å². The molecule has 0 amide bonds. The average Bonchev–Trinajstić information content (AvgIpc) is 3.16. The second kappa shape index (κ2) is 10.9. The number of rotatable bonds is 6. The molecular formula is C29H21Br2Cl2NO4. The molecular weight excluding hydrogens is 657 g/mol. The highest BCUT2D eigenvalue weighted by molar-refractivity contribution is 9.11. The van der Waals surface area contributed by atoms with Crippen molar-refractivity contribution < 1.29 is 19.1 Å². The molecule has 5 nitrogen and oxygen atoms in total. The standard InChI is InChI=1S/C29H21Br2Cl2NO4/c1-3-37-29(36)23-14(2)34-26-17-6-4-5-7-18(17)27(35)25(26)24(23)16-11-19(30)28(20(31)12-16)38-13-15-8-9-21(32)22(33)10-15/h4-12,24,34H,3,13H2,1-2H3/t24-/m0/s1. The van der Waals surface area contributed by atoms with Crippen molar-refractivity contribution in [3.63, 3.8) is 0 Å². The maximum atomic E-state index is 13.7. The van der Waals surface area contributed by atoms with Crippen molar-refractivity contribution in [2.75, 3.05) is 6.61 Å². The second-order valence-corrected chi connectivity index (χ2v) is 11.4. The Labute approximate surface area is 247 Å². The number of esters is 1. The van der Waals surface area contributed by atoms with Crippen LogP contribution in [0.2, 0.25) is 10.0 Å². The molecule has 3 aromatic rings. The number of nitrogens with one attached hydrogen (secondary N) is 1. The summed E-state index contributed by atoms with van der Waals surface area (Å²) >= 11 is 19.4. The highest BCUT2D eigenvalue weighted by Gasteiger charge is 2.43. The Bertz CT molecular complexity index is 1540. The summed E-state index contributed by atoms with van der Waals surface area (Å²) in [5, 5.41) is 4.24. The number of dihydropyridines is 1. The van der Waals surface area contributed by atoms with Crippen LogP contribution in [-0.2, 0) is 16.1 Å². The van der Waals surface area contributed by atoms with Gasteiger partial charge in [0.05, 0.1) is 36.9 Å². The van der Waals surface area contributed by atoms with E-state index in [1.54, 1.807) is 25.1 Å². The molecule has 1 atom stereocenters. The van der Waals surface area contributed by atoms with Crippen LogP contribution in [0.3, 0.4) is 0 Å². The van der Waals surface area contributed by atoms with Gasteiger partial charge in [-0.25, -0.2) is 4.79 Å². The van der Waals surface area contributed by atoms with Crippen molar-refractivity contribution >= 4 is 72.5 Å². The molecule has 0 fully saturated rings. The largest absolute Gasteiger partial charge is 0.487 e. The minimum absolute atomic E-state index is 0.116. The molecule has 194 valence electrons. The lowest BCUT2D eigenvalue weighted by atomic mass is 9.80. The first-order valence-corrected chi connectivity index (χ1v) is 14.1. The SMILES string of the molecule is CCOC(=O)C1=C(C)NC2=C(C(=O)c3ccccc32)[C@H]1c1cc(Br)c(OCc2ccc(Cl)c(Cl)c2)c(Br)c1. The molecule has 0 saturated carbocycles. The molecule has 0 unspecified atom stereocenters. The number of ether oxygens (including phenoxy) is 2.